The zero-order valence-electron chi connectivity index (χ0n) is 10.4. The molecule has 0 aromatic heterocycles. The molecule has 0 saturated heterocycles. The third kappa shape index (κ3) is 3.46. The lowest BCUT2D eigenvalue weighted by molar-refractivity contribution is 0.104. The molecule has 0 heterocycles. The van der Waals surface area contributed by atoms with E-state index in [-0.39, 0.29) is 11.5 Å². The first-order valence-corrected chi connectivity index (χ1v) is 6.21. The van der Waals surface area contributed by atoms with E-state index in [1.807, 2.05) is 19.1 Å². The summed E-state index contributed by atoms with van der Waals surface area (Å²) >= 11 is 5.78. The minimum atomic E-state index is -0.226. The Labute approximate surface area is 117 Å². The van der Waals surface area contributed by atoms with Crippen LogP contribution in [0.4, 0.5) is 0 Å². The van der Waals surface area contributed by atoms with Crippen molar-refractivity contribution in [2.24, 2.45) is 0 Å². The third-order valence-corrected chi connectivity index (χ3v) is 2.97. The number of carbonyl (C=O) groups is 1. The molecule has 0 aliphatic rings. The van der Waals surface area contributed by atoms with Crippen molar-refractivity contribution < 1.29 is 9.90 Å². The number of allylic oxidation sites excluding steroid dienone is 1. The summed E-state index contributed by atoms with van der Waals surface area (Å²) in [7, 11) is 0. The first kappa shape index (κ1) is 13.4. The maximum absolute atomic E-state index is 12.0. The summed E-state index contributed by atoms with van der Waals surface area (Å²) in [6.45, 7) is 1.87. The largest absolute Gasteiger partial charge is 0.507 e. The van der Waals surface area contributed by atoms with Gasteiger partial charge in [-0.1, -0.05) is 41.4 Å². The summed E-state index contributed by atoms with van der Waals surface area (Å²) in [6, 6.07) is 12.1. The molecule has 2 nitrogen and oxygen atoms in total. The van der Waals surface area contributed by atoms with Crippen LogP contribution in [0.15, 0.2) is 48.5 Å². The van der Waals surface area contributed by atoms with Crippen LogP contribution in [0.1, 0.15) is 21.5 Å². The molecule has 19 heavy (non-hydrogen) atoms. The lowest BCUT2D eigenvalue weighted by Crippen LogP contribution is -1.95. The van der Waals surface area contributed by atoms with Crippen molar-refractivity contribution in [3.63, 3.8) is 0 Å². The molecule has 0 saturated carbocycles. The van der Waals surface area contributed by atoms with E-state index in [2.05, 4.69) is 0 Å². The van der Waals surface area contributed by atoms with Crippen LogP contribution in [0.25, 0.3) is 6.08 Å². The van der Waals surface area contributed by atoms with Gasteiger partial charge in [0, 0.05) is 5.02 Å². The van der Waals surface area contributed by atoms with E-state index in [0.717, 1.165) is 11.1 Å². The van der Waals surface area contributed by atoms with Gasteiger partial charge < -0.3 is 5.11 Å². The number of rotatable bonds is 3. The van der Waals surface area contributed by atoms with Crippen molar-refractivity contribution >= 4 is 23.5 Å². The highest BCUT2D eigenvalue weighted by atomic mass is 35.5. The van der Waals surface area contributed by atoms with Gasteiger partial charge in [0.2, 0.25) is 0 Å². The Kier molecular flexibility index (Phi) is 4.03. The average molecular weight is 273 g/mol. The predicted octanol–water partition coefficient (Wildman–Crippen LogP) is 4.25. The molecule has 2 aromatic carbocycles. The number of aryl methyl sites for hydroxylation is 1. The molecule has 0 atom stereocenters. The number of ketones is 1. The number of carbonyl (C=O) groups excluding carboxylic acids is 1. The Balaban J connectivity index is 2.21. The topological polar surface area (TPSA) is 37.3 Å². The Bertz CT molecular complexity index is 628. The Morgan fingerprint density at radius 2 is 1.84 bits per heavy atom. The molecule has 0 unspecified atom stereocenters. The van der Waals surface area contributed by atoms with Crippen molar-refractivity contribution in [2.75, 3.05) is 0 Å². The lowest BCUT2D eigenvalue weighted by Gasteiger charge is -2.01. The Morgan fingerprint density at radius 3 is 2.53 bits per heavy atom. The van der Waals surface area contributed by atoms with Gasteiger partial charge in [0.1, 0.15) is 5.75 Å². The molecule has 0 bridgehead atoms. The van der Waals surface area contributed by atoms with Crippen molar-refractivity contribution in [1.29, 1.82) is 0 Å². The van der Waals surface area contributed by atoms with Crippen LogP contribution >= 0.6 is 11.6 Å². The van der Waals surface area contributed by atoms with Gasteiger partial charge in [0.15, 0.2) is 5.78 Å². The van der Waals surface area contributed by atoms with Gasteiger partial charge >= 0.3 is 0 Å². The Hall–Kier alpha value is -2.06. The first-order valence-electron chi connectivity index (χ1n) is 5.84. The van der Waals surface area contributed by atoms with Crippen LogP contribution in [0.3, 0.4) is 0 Å². The number of benzene rings is 2. The minimum Gasteiger partial charge on any atom is -0.507 e. The van der Waals surface area contributed by atoms with Crippen molar-refractivity contribution in [3.8, 4) is 5.75 Å². The molecular weight excluding hydrogens is 260 g/mol. The van der Waals surface area contributed by atoms with Gasteiger partial charge in [0.05, 0.1) is 5.56 Å². The van der Waals surface area contributed by atoms with E-state index in [1.54, 1.807) is 30.3 Å². The van der Waals surface area contributed by atoms with E-state index in [1.165, 1.54) is 12.1 Å². The summed E-state index contributed by atoms with van der Waals surface area (Å²) in [5.41, 5.74) is 2.12. The molecule has 0 fully saturated rings. The van der Waals surface area contributed by atoms with Gasteiger partial charge in [-0.25, -0.2) is 0 Å². The van der Waals surface area contributed by atoms with Crippen molar-refractivity contribution in [3.05, 3.63) is 70.3 Å². The molecule has 1 N–H and O–H groups in total. The second-order valence-electron chi connectivity index (χ2n) is 4.27. The summed E-state index contributed by atoms with van der Waals surface area (Å²) in [4.78, 5) is 12.0. The SMILES string of the molecule is Cc1ccc(O)c(C(=O)/C=C/c2ccc(Cl)cc2)c1. The van der Waals surface area contributed by atoms with Gasteiger partial charge in [-0.3, -0.25) is 4.79 Å². The molecule has 0 radical (unpaired) electrons. The van der Waals surface area contributed by atoms with Crippen LogP contribution in [-0.4, -0.2) is 10.9 Å². The highest BCUT2D eigenvalue weighted by Gasteiger charge is 2.07. The van der Waals surface area contributed by atoms with Crippen LogP contribution in [0.2, 0.25) is 5.02 Å². The van der Waals surface area contributed by atoms with E-state index < -0.39 is 0 Å². The number of hydrogen-bond donors (Lipinski definition) is 1. The fraction of sp³-hybridized carbons (Fsp3) is 0.0625. The Morgan fingerprint density at radius 1 is 1.16 bits per heavy atom. The van der Waals surface area contributed by atoms with Gasteiger partial charge in [-0.15, -0.1) is 0 Å². The second-order valence-corrected chi connectivity index (χ2v) is 4.71. The fourth-order valence-electron chi connectivity index (χ4n) is 1.68. The van der Waals surface area contributed by atoms with E-state index in [4.69, 9.17) is 11.6 Å². The maximum Gasteiger partial charge on any atom is 0.189 e. The number of aromatic hydroxyl groups is 1. The van der Waals surface area contributed by atoms with E-state index >= 15 is 0 Å². The normalized spacial score (nSPS) is 10.8. The molecule has 96 valence electrons. The van der Waals surface area contributed by atoms with Gasteiger partial charge in [-0.05, 0) is 42.8 Å². The van der Waals surface area contributed by atoms with Crippen molar-refractivity contribution in [1.82, 2.24) is 0 Å². The zero-order valence-corrected chi connectivity index (χ0v) is 11.2. The predicted molar refractivity (Wildman–Crippen MR) is 77.7 cm³/mol. The van der Waals surface area contributed by atoms with E-state index in [9.17, 15) is 9.90 Å². The monoisotopic (exact) mass is 272 g/mol. The molecule has 2 rings (SSSR count). The summed E-state index contributed by atoms with van der Waals surface area (Å²) < 4.78 is 0. The molecule has 0 spiro atoms. The third-order valence-electron chi connectivity index (χ3n) is 2.71. The van der Waals surface area contributed by atoms with Crippen LogP contribution in [-0.2, 0) is 0 Å². The number of halogens is 1. The molecular formula is C16H13ClO2. The van der Waals surface area contributed by atoms with Crippen LogP contribution in [0, 0.1) is 6.92 Å². The minimum absolute atomic E-state index is 0.00337. The van der Waals surface area contributed by atoms with Gasteiger partial charge in [0.25, 0.3) is 0 Å². The summed E-state index contributed by atoms with van der Waals surface area (Å²) in [5.74, 6) is -0.229. The quantitative estimate of drug-likeness (QED) is 0.670. The highest BCUT2D eigenvalue weighted by Crippen LogP contribution is 2.19. The zero-order chi connectivity index (χ0) is 13.8. The average Bonchev–Trinajstić information content (AvgIpc) is 2.40. The van der Waals surface area contributed by atoms with E-state index in [0.29, 0.717) is 10.6 Å². The summed E-state index contributed by atoms with van der Waals surface area (Å²) in [5, 5.41) is 10.3. The molecule has 0 amide bonds. The smallest absolute Gasteiger partial charge is 0.189 e. The summed E-state index contributed by atoms with van der Waals surface area (Å²) in [6.07, 6.45) is 3.14. The first-order chi connectivity index (χ1) is 9.06. The van der Waals surface area contributed by atoms with Gasteiger partial charge in [-0.2, -0.15) is 0 Å². The second kappa shape index (κ2) is 5.72. The molecule has 0 aliphatic carbocycles. The van der Waals surface area contributed by atoms with Crippen molar-refractivity contribution in [2.45, 2.75) is 6.92 Å². The van der Waals surface area contributed by atoms with Crippen LogP contribution in [0.5, 0.6) is 5.75 Å². The maximum atomic E-state index is 12.0. The fourth-order valence-corrected chi connectivity index (χ4v) is 1.81. The lowest BCUT2D eigenvalue weighted by atomic mass is 10.1. The highest BCUT2D eigenvalue weighted by molar-refractivity contribution is 6.30. The van der Waals surface area contributed by atoms with Crippen LogP contribution < -0.4 is 0 Å². The number of phenolic OH excluding ortho intramolecular Hbond substituents is 1. The molecule has 2 aromatic rings. The molecule has 0 aliphatic heterocycles. The standard InChI is InChI=1S/C16H13ClO2/c1-11-2-8-15(18)14(10-11)16(19)9-5-12-3-6-13(17)7-4-12/h2-10,18H,1H3/b9-5+. The molecule has 3 heteroatoms. The number of phenols is 1. The number of hydrogen-bond acceptors (Lipinski definition) is 2.